The number of thioether (sulfide) groups is 1. The topological polar surface area (TPSA) is 47.3 Å². The van der Waals surface area contributed by atoms with E-state index >= 15 is 0 Å². The molecular formula is C18H24N2O2S. The molecule has 1 fully saturated rings. The molecule has 0 radical (unpaired) electrons. The zero-order valence-electron chi connectivity index (χ0n) is 13.6. The molecule has 124 valence electrons. The Labute approximate surface area is 142 Å². The van der Waals surface area contributed by atoms with Gasteiger partial charge in [-0.05, 0) is 43.9 Å². The van der Waals surface area contributed by atoms with Crippen LogP contribution in [-0.2, 0) is 6.42 Å². The van der Waals surface area contributed by atoms with Crippen LogP contribution in [0.15, 0.2) is 34.9 Å². The first kappa shape index (κ1) is 16.4. The van der Waals surface area contributed by atoms with Gasteiger partial charge < -0.3 is 14.6 Å². The molecule has 1 N–H and O–H groups in total. The lowest BCUT2D eigenvalue weighted by Gasteiger charge is -2.11. The van der Waals surface area contributed by atoms with Gasteiger partial charge in [0.2, 0.25) is 0 Å². The van der Waals surface area contributed by atoms with E-state index in [1.165, 1.54) is 11.3 Å². The quantitative estimate of drug-likeness (QED) is 0.737. The third-order valence-corrected chi connectivity index (χ3v) is 5.12. The van der Waals surface area contributed by atoms with Gasteiger partial charge in [-0.2, -0.15) is 0 Å². The van der Waals surface area contributed by atoms with Gasteiger partial charge in [0, 0.05) is 24.8 Å². The summed E-state index contributed by atoms with van der Waals surface area (Å²) in [5, 5.41) is 7.83. The zero-order valence-corrected chi connectivity index (χ0v) is 14.4. The first-order chi connectivity index (χ1) is 11.3. The van der Waals surface area contributed by atoms with E-state index < -0.39 is 0 Å². The third-order valence-electron chi connectivity index (χ3n) is 3.91. The first-order valence-electron chi connectivity index (χ1n) is 8.31. The SMILES string of the molecule is Cc1cc(CCCCCOc2ccc(C3NCCS3)cc2)on1. The van der Waals surface area contributed by atoms with Crippen LogP contribution in [0.25, 0.3) is 0 Å². The molecule has 1 aromatic carbocycles. The van der Waals surface area contributed by atoms with Gasteiger partial charge in [0.05, 0.1) is 17.7 Å². The number of nitrogens with zero attached hydrogens (tertiary/aromatic N) is 1. The smallest absolute Gasteiger partial charge is 0.136 e. The zero-order chi connectivity index (χ0) is 15.9. The van der Waals surface area contributed by atoms with Gasteiger partial charge in [0.1, 0.15) is 11.5 Å². The van der Waals surface area contributed by atoms with Gasteiger partial charge in [-0.3, -0.25) is 0 Å². The molecule has 0 spiro atoms. The second kappa shape index (κ2) is 8.41. The van der Waals surface area contributed by atoms with E-state index in [-0.39, 0.29) is 0 Å². The normalized spacial score (nSPS) is 17.5. The fourth-order valence-corrected chi connectivity index (χ4v) is 3.74. The average Bonchev–Trinajstić information content (AvgIpc) is 3.23. The maximum absolute atomic E-state index is 5.82. The minimum Gasteiger partial charge on any atom is -0.494 e. The van der Waals surface area contributed by atoms with Crippen molar-refractivity contribution in [3.05, 3.63) is 47.3 Å². The van der Waals surface area contributed by atoms with Crippen LogP contribution in [0.5, 0.6) is 5.75 Å². The van der Waals surface area contributed by atoms with Gasteiger partial charge in [-0.15, -0.1) is 11.8 Å². The van der Waals surface area contributed by atoms with Crippen LogP contribution < -0.4 is 10.1 Å². The van der Waals surface area contributed by atoms with Crippen LogP contribution in [0.1, 0.15) is 41.7 Å². The Balaban J connectivity index is 1.31. The molecule has 1 unspecified atom stereocenters. The lowest BCUT2D eigenvalue weighted by atomic mass is 10.1. The van der Waals surface area contributed by atoms with Crippen molar-refractivity contribution in [3.8, 4) is 5.75 Å². The van der Waals surface area contributed by atoms with Crippen molar-refractivity contribution >= 4 is 11.8 Å². The number of unbranched alkanes of at least 4 members (excludes halogenated alkanes) is 2. The summed E-state index contributed by atoms with van der Waals surface area (Å²) in [6.45, 7) is 3.82. The number of hydrogen-bond donors (Lipinski definition) is 1. The number of aryl methyl sites for hydroxylation is 2. The largest absolute Gasteiger partial charge is 0.494 e. The monoisotopic (exact) mass is 332 g/mol. The van der Waals surface area contributed by atoms with Crippen LogP contribution >= 0.6 is 11.8 Å². The molecule has 0 amide bonds. The summed E-state index contributed by atoms with van der Waals surface area (Å²) in [6, 6.07) is 10.5. The standard InChI is InChI=1S/C18H24N2O2S/c1-14-13-17(22-20-14)5-3-2-4-11-21-16-8-6-15(7-9-16)18-19-10-12-23-18/h6-9,13,18-19H,2-5,10-12H2,1H3. The van der Waals surface area contributed by atoms with E-state index in [9.17, 15) is 0 Å². The van der Waals surface area contributed by atoms with Gasteiger partial charge in [0.25, 0.3) is 0 Å². The van der Waals surface area contributed by atoms with Crippen molar-refractivity contribution in [2.45, 2.75) is 38.0 Å². The number of hydrogen-bond acceptors (Lipinski definition) is 5. The average molecular weight is 332 g/mol. The van der Waals surface area contributed by atoms with Gasteiger partial charge in [-0.1, -0.05) is 17.3 Å². The molecular weight excluding hydrogens is 308 g/mol. The van der Waals surface area contributed by atoms with Gasteiger partial charge >= 0.3 is 0 Å². The van der Waals surface area contributed by atoms with E-state index in [1.807, 2.05) is 24.8 Å². The molecule has 1 atom stereocenters. The predicted molar refractivity (Wildman–Crippen MR) is 93.9 cm³/mol. The minimum atomic E-state index is 0.448. The fraction of sp³-hybridized carbons (Fsp3) is 0.500. The molecule has 1 aliphatic rings. The van der Waals surface area contributed by atoms with Crippen LogP contribution in [0.4, 0.5) is 0 Å². The Bertz CT molecular complexity index is 591. The number of aromatic nitrogens is 1. The summed E-state index contributed by atoms with van der Waals surface area (Å²) in [5.41, 5.74) is 2.29. The third kappa shape index (κ3) is 5.01. The molecule has 4 nitrogen and oxygen atoms in total. The molecule has 2 aromatic rings. The molecule has 0 aliphatic carbocycles. The maximum Gasteiger partial charge on any atom is 0.136 e. The molecule has 1 aliphatic heterocycles. The molecule has 0 bridgehead atoms. The second-order valence-corrected chi connectivity index (χ2v) is 7.08. The highest BCUT2D eigenvalue weighted by Gasteiger charge is 2.16. The van der Waals surface area contributed by atoms with E-state index in [4.69, 9.17) is 9.26 Å². The van der Waals surface area contributed by atoms with E-state index in [0.29, 0.717) is 5.37 Å². The van der Waals surface area contributed by atoms with E-state index in [1.54, 1.807) is 0 Å². The summed E-state index contributed by atoms with van der Waals surface area (Å²) in [7, 11) is 0. The Morgan fingerprint density at radius 1 is 1.26 bits per heavy atom. The number of benzene rings is 1. The van der Waals surface area contributed by atoms with Crippen molar-refractivity contribution in [3.63, 3.8) is 0 Å². The number of ether oxygens (including phenoxy) is 1. The van der Waals surface area contributed by atoms with Crippen molar-refractivity contribution in [1.29, 1.82) is 0 Å². The molecule has 1 saturated heterocycles. The Kier molecular flexibility index (Phi) is 6.00. The Morgan fingerprint density at radius 3 is 2.83 bits per heavy atom. The van der Waals surface area contributed by atoms with Crippen molar-refractivity contribution in [1.82, 2.24) is 10.5 Å². The molecule has 5 heteroatoms. The first-order valence-corrected chi connectivity index (χ1v) is 9.36. The van der Waals surface area contributed by atoms with Crippen molar-refractivity contribution in [2.75, 3.05) is 18.9 Å². The van der Waals surface area contributed by atoms with Crippen molar-refractivity contribution in [2.24, 2.45) is 0 Å². The molecule has 3 rings (SSSR count). The van der Waals surface area contributed by atoms with Gasteiger partial charge in [-0.25, -0.2) is 0 Å². The van der Waals surface area contributed by atoms with Crippen LogP contribution in [0.3, 0.4) is 0 Å². The highest BCUT2D eigenvalue weighted by Crippen LogP contribution is 2.30. The van der Waals surface area contributed by atoms with Crippen LogP contribution in [0.2, 0.25) is 0 Å². The summed E-state index contributed by atoms with van der Waals surface area (Å²) in [5.74, 6) is 3.14. The Morgan fingerprint density at radius 2 is 2.13 bits per heavy atom. The summed E-state index contributed by atoms with van der Waals surface area (Å²) < 4.78 is 11.0. The predicted octanol–water partition coefficient (Wildman–Crippen LogP) is 4.11. The lowest BCUT2D eigenvalue weighted by molar-refractivity contribution is 0.303. The highest BCUT2D eigenvalue weighted by atomic mass is 32.2. The summed E-state index contributed by atoms with van der Waals surface area (Å²) in [6.07, 6.45) is 4.28. The van der Waals surface area contributed by atoms with Gasteiger partial charge in [0.15, 0.2) is 0 Å². The Hall–Kier alpha value is -1.46. The molecule has 2 heterocycles. The van der Waals surface area contributed by atoms with Crippen LogP contribution in [0, 0.1) is 6.92 Å². The minimum absolute atomic E-state index is 0.448. The fourth-order valence-electron chi connectivity index (χ4n) is 2.68. The maximum atomic E-state index is 5.82. The van der Waals surface area contributed by atoms with E-state index in [2.05, 4.69) is 34.7 Å². The summed E-state index contributed by atoms with van der Waals surface area (Å²) >= 11 is 1.96. The van der Waals surface area contributed by atoms with Crippen LogP contribution in [-0.4, -0.2) is 24.1 Å². The van der Waals surface area contributed by atoms with E-state index in [0.717, 1.165) is 56.0 Å². The number of nitrogens with one attached hydrogen (secondary N) is 1. The second-order valence-electron chi connectivity index (χ2n) is 5.87. The number of rotatable bonds is 8. The summed E-state index contributed by atoms with van der Waals surface area (Å²) in [4.78, 5) is 0. The molecule has 1 aromatic heterocycles. The lowest BCUT2D eigenvalue weighted by Crippen LogP contribution is -2.11. The molecule has 23 heavy (non-hydrogen) atoms. The molecule has 0 saturated carbocycles. The highest BCUT2D eigenvalue weighted by molar-refractivity contribution is 7.99. The van der Waals surface area contributed by atoms with Crippen molar-refractivity contribution < 1.29 is 9.26 Å².